The summed E-state index contributed by atoms with van der Waals surface area (Å²) in [7, 11) is 0. The van der Waals surface area contributed by atoms with Crippen LogP contribution < -0.4 is 22.1 Å². The number of guanidine groups is 1. The van der Waals surface area contributed by atoms with Crippen LogP contribution in [0.3, 0.4) is 0 Å². The molecule has 26 heavy (non-hydrogen) atoms. The van der Waals surface area contributed by atoms with Crippen molar-refractivity contribution < 1.29 is 29.1 Å². The molecule has 1 fully saturated rings. The third kappa shape index (κ3) is 5.06. The molecule has 0 saturated carbocycles. The first-order valence-electron chi connectivity index (χ1n) is 7.59. The number of amides is 5. The summed E-state index contributed by atoms with van der Waals surface area (Å²) in [6.45, 7) is 1.26. The van der Waals surface area contributed by atoms with Crippen LogP contribution in [0.1, 0.15) is 26.2 Å². The quantitative estimate of drug-likeness (QED) is 0.108. The van der Waals surface area contributed by atoms with E-state index in [1.165, 1.54) is 0 Å². The first kappa shape index (κ1) is 20.7. The van der Waals surface area contributed by atoms with E-state index in [1.54, 1.807) is 0 Å². The first-order valence-corrected chi connectivity index (χ1v) is 7.59. The Bertz CT molecular complexity index is 636. The van der Waals surface area contributed by atoms with Crippen LogP contribution in [0.25, 0.3) is 0 Å². The maximum Gasteiger partial charge on any atom is 0.344 e. The van der Waals surface area contributed by atoms with Gasteiger partial charge in [0.25, 0.3) is 5.91 Å². The molecule has 1 rings (SSSR count). The van der Waals surface area contributed by atoms with Gasteiger partial charge < -0.3 is 27.2 Å². The number of hydrazine groups is 1. The molecule has 1 saturated heterocycles. The van der Waals surface area contributed by atoms with E-state index in [0.717, 1.165) is 6.92 Å². The van der Waals surface area contributed by atoms with E-state index in [9.17, 15) is 24.0 Å². The highest BCUT2D eigenvalue weighted by molar-refractivity contribution is 6.06. The number of carbonyl (C=O) groups excluding carboxylic acids is 4. The number of primary amides is 1. The number of carboxylic acid groups (broad SMARTS) is 1. The largest absolute Gasteiger partial charge is 0.481 e. The van der Waals surface area contributed by atoms with Gasteiger partial charge in [-0.3, -0.25) is 24.6 Å². The maximum atomic E-state index is 12.5. The number of carbonyl (C=O) groups is 5. The smallest absolute Gasteiger partial charge is 0.344 e. The summed E-state index contributed by atoms with van der Waals surface area (Å²) >= 11 is 0. The number of nitrogens with one attached hydrogen (secondary N) is 3. The minimum absolute atomic E-state index is 0.174. The molecule has 0 spiro atoms. The van der Waals surface area contributed by atoms with Gasteiger partial charge in [-0.25, -0.2) is 9.80 Å². The monoisotopic (exact) mass is 371 g/mol. The van der Waals surface area contributed by atoms with Crippen LogP contribution in [0.5, 0.6) is 0 Å². The third-order valence-electron chi connectivity index (χ3n) is 3.51. The van der Waals surface area contributed by atoms with Gasteiger partial charge in [-0.1, -0.05) is 0 Å². The molecule has 0 aromatic rings. The maximum absolute atomic E-state index is 12.5. The molecular formula is C13H21N7O6. The number of hydrogen-bond donors (Lipinski definition) is 6. The number of nitrogens with two attached hydrogens (primary N) is 2. The lowest BCUT2D eigenvalue weighted by Gasteiger charge is -2.32. The average Bonchev–Trinajstić information content (AvgIpc) is 2.77. The molecule has 13 nitrogen and oxygen atoms in total. The second-order valence-corrected chi connectivity index (χ2v) is 5.51. The molecule has 144 valence electrons. The van der Waals surface area contributed by atoms with Crippen molar-refractivity contribution in [2.24, 2.45) is 11.5 Å². The molecule has 1 unspecified atom stereocenters. The van der Waals surface area contributed by atoms with Crippen LogP contribution in [0.15, 0.2) is 0 Å². The highest BCUT2D eigenvalue weighted by Gasteiger charge is 2.46. The third-order valence-corrected chi connectivity index (χ3v) is 3.51. The minimum atomic E-state index is -1.70. The Balaban J connectivity index is 2.94. The van der Waals surface area contributed by atoms with Crippen LogP contribution in [-0.2, 0) is 19.2 Å². The highest BCUT2D eigenvalue weighted by Crippen LogP contribution is 2.18. The number of rotatable bonds is 9. The molecule has 0 aromatic heterocycles. The van der Waals surface area contributed by atoms with Gasteiger partial charge in [0.2, 0.25) is 11.8 Å². The first-order chi connectivity index (χ1) is 12.1. The zero-order valence-electron chi connectivity index (χ0n) is 14.0. The fourth-order valence-corrected chi connectivity index (χ4v) is 2.42. The summed E-state index contributed by atoms with van der Waals surface area (Å²) in [6.07, 6.45) is -0.314. The highest BCUT2D eigenvalue weighted by atomic mass is 16.4. The summed E-state index contributed by atoms with van der Waals surface area (Å²) in [5, 5.41) is 21.7. The van der Waals surface area contributed by atoms with Crippen molar-refractivity contribution in [3.8, 4) is 0 Å². The second kappa shape index (κ2) is 8.64. The van der Waals surface area contributed by atoms with E-state index in [0.29, 0.717) is 16.4 Å². The van der Waals surface area contributed by atoms with Crippen LogP contribution in [0, 0.1) is 5.41 Å². The van der Waals surface area contributed by atoms with Crippen LogP contribution in [0.2, 0.25) is 0 Å². The average molecular weight is 371 g/mol. The number of hydrogen-bond acceptors (Lipinski definition) is 6. The van der Waals surface area contributed by atoms with Gasteiger partial charge >= 0.3 is 12.0 Å². The number of carboxylic acids is 1. The molecule has 1 heterocycles. The van der Waals surface area contributed by atoms with E-state index in [4.69, 9.17) is 22.0 Å². The van der Waals surface area contributed by atoms with E-state index in [1.807, 2.05) is 0 Å². The molecule has 0 radical (unpaired) electrons. The molecule has 5 amide bonds. The Morgan fingerprint density at radius 1 is 1.38 bits per heavy atom. The zero-order valence-corrected chi connectivity index (χ0v) is 14.0. The van der Waals surface area contributed by atoms with Crippen molar-refractivity contribution in [2.75, 3.05) is 6.54 Å². The fraction of sp³-hybridized carbons (Fsp3) is 0.538. The molecule has 0 bridgehead atoms. The lowest BCUT2D eigenvalue weighted by atomic mass is 10.1. The zero-order chi connectivity index (χ0) is 20.0. The Hall–Kier alpha value is -3.38. The fourth-order valence-electron chi connectivity index (χ4n) is 2.42. The van der Waals surface area contributed by atoms with Crippen LogP contribution in [0.4, 0.5) is 4.79 Å². The molecule has 8 N–H and O–H groups in total. The predicted molar refractivity (Wildman–Crippen MR) is 86.1 cm³/mol. The Morgan fingerprint density at radius 3 is 2.46 bits per heavy atom. The summed E-state index contributed by atoms with van der Waals surface area (Å²) in [6, 6.07) is -3.64. The Kier molecular flexibility index (Phi) is 6.87. The number of nitrogens with zero attached hydrogens (tertiary/aromatic N) is 2. The van der Waals surface area contributed by atoms with Gasteiger partial charge in [0.05, 0.1) is 6.42 Å². The predicted octanol–water partition coefficient (Wildman–Crippen LogP) is -2.74. The molecule has 1 aliphatic heterocycles. The van der Waals surface area contributed by atoms with Gasteiger partial charge in [0, 0.05) is 13.5 Å². The van der Waals surface area contributed by atoms with Gasteiger partial charge in [0.15, 0.2) is 5.96 Å². The van der Waals surface area contributed by atoms with Gasteiger partial charge in [0.1, 0.15) is 12.1 Å². The van der Waals surface area contributed by atoms with Crippen molar-refractivity contribution in [1.29, 1.82) is 5.41 Å². The van der Waals surface area contributed by atoms with E-state index in [-0.39, 0.29) is 18.9 Å². The molecule has 0 aliphatic carbocycles. The topological polar surface area (TPSA) is 212 Å². The van der Waals surface area contributed by atoms with Gasteiger partial charge in [-0.05, 0) is 12.8 Å². The molecular weight excluding hydrogens is 350 g/mol. The van der Waals surface area contributed by atoms with Crippen molar-refractivity contribution >= 4 is 35.7 Å². The molecule has 1 aliphatic rings. The Labute approximate surface area is 148 Å². The lowest BCUT2D eigenvalue weighted by molar-refractivity contribution is -0.163. The standard InChI is InChI=1S/C13H21N7O6/c1-6(21)19(8(10(14)24)5-9(22)23)20-11(25)7(18-13(20)26)3-2-4-17-12(15)16/h7-8H,2-5H2,1H3,(H2,14,24)(H,18,26)(H,22,23)(H4,15,16,17)/t7-,8?/m0/s1. The number of aliphatic carboxylic acids is 1. The number of imide groups is 1. The van der Waals surface area contributed by atoms with Crippen LogP contribution in [-0.4, -0.2) is 69.4 Å². The minimum Gasteiger partial charge on any atom is -0.481 e. The normalized spacial score (nSPS) is 17.4. The van der Waals surface area contributed by atoms with Crippen molar-refractivity contribution in [3.63, 3.8) is 0 Å². The number of urea groups is 1. The van der Waals surface area contributed by atoms with Crippen molar-refractivity contribution in [3.05, 3.63) is 0 Å². The van der Waals surface area contributed by atoms with E-state index < -0.39 is 48.2 Å². The van der Waals surface area contributed by atoms with Gasteiger partial charge in [-0.2, -0.15) is 5.01 Å². The van der Waals surface area contributed by atoms with Crippen LogP contribution >= 0.6 is 0 Å². The summed E-state index contributed by atoms with van der Waals surface area (Å²) in [5.41, 5.74) is 10.3. The molecule has 0 aromatic carbocycles. The summed E-state index contributed by atoms with van der Waals surface area (Å²) in [5.74, 6) is -4.55. The molecule has 13 heteroatoms. The lowest BCUT2D eigenvalue weighted by Crippen LogP contribution is -2.58. The van der Waals surface area contributed by atoms with Crippen molar-refractivity contribution in [1.82, 2.24) is 20.7 Å². The van der Waals surface area contributed by atoms with Gasteiger partial charge in [-0.15, -0.1) is 0 Å². The summed E-state index contributed by atoms with van der Waals surface area (Å²) in [4.78, 5) is 59.0. The summed E-state index contributed by atoms with van der Waals surface area (Å²) < 4.78 is 0. The van der Waals surface area contributed by atoms with Crippen molar-refractivity contribution in [2.45, 2.75) is 38.3 Å². The molecule has 2 atom stereocenters. The van der Waals surface area contributed by atoms with E-state index in [2.05, 4.69) is 10.6 Å². The Morgan fingerprint density at radius 2 is 2.00 bits per heavy atom. The van der Waals surface area contributed by atoms with E-state index >= 15 is 0 Å². The second-order valence-electron chi connectivity index (χ2n) is 5.51. The SMILES string of the molecule is CC(=O)N(C(CC(=O)O)C(N)=O)N1C(=O)N[C@@H](CCCNC(=N)N)C1=O.